The molecular formula is C12H11ClN2S. The fourth-order valence-corrected chi connectivity index (χ4v) is 2.27. The maximum atomic E-state index is 5.84. The molecule has 2 N–H and O–H groups in total. The van der Waals surface area contributed by atoms with E-state index in [1.165, 1.54) is 0 Å². The Bertz CT molecular complexity index is 497. The van der Waals surface area contributed by atoms with E-state index < -0.39 is 0 Å². The van der Waals surface area contributed by atoms with Crippen molar-refractivity contribution in [1.29, 1.82) is 0 Å². The molecule has 0 aliphatic heterocycles. The van der Waals surface area contributed by atoms with E-state index in [4.69, 9.17) is 17.3 Å². The van der Waals surface area contributed by atoms with Crippen LogP contribution in [0, 0.1) is 6.92 Å². The Hall–Kier alpha value is -1.19. The van der Waals surface area contributed by atoms with Gasteiger partial charge in [-0.3, -0.25) is 0 Å². The second kappa shape index (κ2) is 4.76. The van der Waals surface area contributed by atoms with Crippen molar-refractivity contribution in [3.63, 3.8) is 0 Å². The molecule has 0 aliphatic carbocycles. The molecule has 0 unspecified atom stereocenters. The number of hydrogen-bond donors (Lipinski definition) is 1. The lowest BCUT2D eigenvalue weighted by atomic mass is 10.2. The Morgan fingerprint density at radius 1 is 1.25 bits per heavy atom. The Kier molecular flexibility index (Phi) is 3.36. The molecule has 1 heterocycles. The summed E-state index contributed by atoms with van der Waals surface area (Å²) in [5.41, 5.74) is 7.74. The summed E-state index contributed by atoms with van der Waals surface area (Å²) in [6.07, 6.45) is 1.64. The molecule has 16 heavy (non-hydrogen) atoms. The summed E-state index contributed by atoms with van der Waals surface area (Å²) in [5, 5.41) is 1.56. The van der Waals surface area contributed by atoms with E-state index in [0.717, 1.165) is 21.2 Å². The van der Waals surface area contributed by atoms with Crippen LogP contribution in [0.25, 0.3) is 0 Å². The van der Waals surface area contributed by atoms with E-state index in [9.17, 15) is 0 Å². The van der Waals surface area contributed by atoms with Crippen LogP contribution in [0.2, 0.25) is 5.02 Å². The Labute approximate surface area is 104 Å². The number of nitrogen functional groups attached to an aromatic ring is 1. The molecule has 1 aromatic carbocycles. The molecule has 1 aromatic heterocycles. The zero-order valence-electron chi connectivity index (χ0n) is 8.77. The zero-order valence-corrected chi connectivity index (χ0v) is 10.3. The molecule has 82 valence electrons. The zero-order chi connectivity index (χ0) is 11.5. The molecule has 4 heteroatoms. The number of benzene rings is 1. The topological polar surface area (TPSA) is 38.9 Å². The smallest absolute Gasteiger partial charge is 0.101 e. The number of hydrogen-bond acceptors (Lipinski definition) is 3. The Balaban J connectivity index is 2.27. The standard InChI is InChI=1S/C12H11ClN2S/c1-8-10(14)3-2-4-11(8)16-12-6-5-9(13)7-15-12/h2-7H,14H2,1H3. The maximum absolute atomic E-state index is 5.84. The molecule has 0 aliphatic rings. The van der Waals surface area contributed by atoms with Gasteiger partial charge in [-0.2, -0.15) is 0 Å². The van der Waals surface area contributed by atoms with Gasteiger partial charge in [0.25, 0.3) is 0 Å². The number of rotatable bonds is 2. The number of anilines is 1. The van der Waals surface area contributed by atoms with Crippen molar-refractivity contribution < 1.29 is 0 Å². The van der Waals surface area contributed by atoms with Gasteiger partial charge in [0, 0.05) is 16.8 Å². The average molecular weight is 251 g/mol. The molecule has 0 radical (unpaired) electrons. The third-order valence-corrected chi connectivity index (χ3v) is 3.58. The quantitative estimate of drug-likeness (QED) is 0.825. The Morgan fingerprint density at radius 3 is 2.75 bits per heavy atom. The summed E-state index contributed by atoms with van der Waals surface area (Å²) in [6, 6.07) is 9.61. The third kappa shape index (κ3) is 2.49. The van der Waals surface area contributed by atoms with Crippen LogP contribution in [0.5, 0.6) is 0 Å². The summed E-state index contributed by atoms with van der Waals surface area (Å²) < 4.78 is 0. The highest BCUT2D eigenvalue weighted by Crippen LogP contribution is 2.31. The van der Waals surface area contributed by atoms with E-state index in [2.05, 4.69) is 4.98 Å². The van der Waals surface area contributed by atoms with Crippen LogP contribution in [0.4, 0.5) is 5.69 Å². The van der Waals surface area contributed by atoms with Crippen molar-refractivity contribution in [2.75, 3.05) is 5.73 Å². The minimum Gasteiger partial charge on any atom is -0.398 e. The lowest BCUT2D eigenvalue weighted by molar-refractivity contribution is 1.13. The highest BCUT2D eigenvalue weighted by Gasteiger charge is 2.04. The molecule has 0 saturated heterocycles. The minimum atomic E-state index is 0.647. The Morgan fingerprint density at radius 2 is 2.06 bits per heavy atom. The van der Waals surface area contributed by atoms with Gasteiger partial charge < -0.3 is 5.73 Å². The number of aromatic nitrogens is 1. The van der Waals surface area contributed by atoms with Gasteiger partial charge in [0.1, 0.15) is 5.03 Å². The van der Waals surface area contributed by atoms with Gasteiger partial charge in [-0.25, -0.2) is 4.98 Å². The normalized spacial score (nSPS) is 10.4. The first-order valence-corrected chi connectivity index (χ1v) is 6.01. The fourth-order valence-electron chi connectivity index (χ4n) is 1.28. The van der Waals surface area contributed by atoms with E-state index in [1.807, 2.05) is 37.3 Å². The predicted octanol–water partition coefficient (Wildman–Crippen LogP) is 3.78. The number of pyridine rings is 1. The van der Waals surface area contributed by atoms with Gasteiger partial charge in [0.05, 0.1) is 5.02 Å². The van der Waals surface area contributed by atoms with Gasteiger partial charge in [0.2, 0.25) is 0 Å². The molecule has 2 rings (SSSR count). The van der Waals surface area contributed by atoms with Crippen molar-refractivity contribution in [1.82, 2.24) is 4.98 Å². The molecule has 0 fully saturated rings. The maximum Gasteiger partial charge on any atom is 0.101 e. The summed E-state index contributed by atoms with van der Waals surface area (Å²) in [6.45, 7) is 2.01. The molecular weight excluding hydrogens is 240 g/mol. The summed E-state index contributed by atoms with van der Waals surface area (Å²) in [5.74, 6) is 0. The molecule has 0 spiro atoms. The van der Waals surface area contributed by atoms with E-state index in [1.54, 1.807) is 18.0 Å². The first-order chi connectivity index (χ1) is 7.66. The first kappa shape index (κ1) is 11.3. The number of nitrogens with zero attached hydrogens (tertiary/aromatic N) is 1. The lowest BCUT2D eigenvalue weighted by Crippen LogP contribution is -1.90. The van der Waals surface area contributed by atoms with Crippen molar-refractivity contribution >= 4 is 29.1 Å². The van der Waals surface area contributed by atoms with Crippen LogP contribution < -0.4 is 5.73 Å². The van der Waals surface area contributed by atoms with Crippen LogP contribution in [0.3, 0.4) is 0 Å². The van der Waals surface area contributed by atoms with Crippen molar-refractivity contribution in [3.8, 4) is 0 Å². The highest BCUT2D eigenvalue weighted by molar-refractivity contribution is 7.99. The van der Waals surface area contributed by atoms with Crippen LogP contribution in [-0.2, 0) is 0 Å². The van der Waals surface area contributed by atoms with Crippen molar-refractivity contribution in [2.45, 2.75) is 16.8 Å². The van der Waals surface area contributed by atoms with Crippen molar-refractivity contribution in [3.05, 3.63) is 47.1 Å². The fraction of sp³-hybridized carbons (Fsp3) is 0.0833. The van der Waals surface area contributed by atoms with Gasteiger partial charge in [-0.1, -0.05) is 29.4 Å². The van der Waals surface area contributed by atoms with Crippen LogP contribution in [0.15, 0.2) is 46.5 Å². The summed E-state index contributed by atoms with van der Waals surface area (Å²) in [7, 11) is 0. The summed E-state index contributed by atoms with van der Waals surface area (Å²) >= 11 is 7.37. The van der Waals surface area contributed by atoms with Gasteiger partial charge in [-0.05, 0) is 36.8 Å². The SMILES string of the molecule is Cc1c(N)cccc1Sc1ccc(Cl)cn1. The highest BCUT2D eigenvalue weighted by atomic mass is 35.5. The second-order valence-corrected chi connectivity index (χ2v) is 4.89. The molecule has 0 atom stereocenters. The molecule has 2 nitrogen and oxygen atoms in total. The van der Waals surface area contributed by atoms with Crippen LogP contribution in [0.1, 0.15) is 5.56 Å². The monoisotopic (exact) mass is 250 g/mol. The minimum absolute atomic E-state index is 0.647. The average Bonchev–Trinajstić information content (AvgIpc) is 2.28. The van der Waals surface area contributed by atoms with Gasteiger partial charge >= 0.3 is 0 Å². The van der Waals surface area contributed by atoms with Gasteiger partial charge in [-0.15, -0.1) is 0 Å². The second-order valence-electron chi connectivity index (χ2n) is 3.39. The largest absolute Gasteiger partial charge is 0.398 e. The number of nitrogens with two attached hydrogens (primary N) is 1. The molecule has 0 amide bonds. The van der Waals surface area contributed by atoms with Crippen LogP contribution in [-0.4, -0.2) is 4.98 Å². The van der Waals surface area contributed by atoms with Gasteiger partial charge in [0.15, 0.2) is 0 Å². The summed E-state index contributed by atoms with van der Waals surface area (Å²) in [4.78, 5) is 5.35. The van der Waals surface area contributed by atoms with E-state index in [-0.39, 0.29) is 0 Å². The first-order valence-electron chi connectivity index (χ1n) is 4.81. The lowest BCUT2D eigenvalue weighted by Gasteiger charge is -2.06. The van der Waals surface area contributed by atoms with Crippen molar-refractivity contribution in [2.24, 2.45) is 0 Å². The molecule has 0 bridgehead atoms. The molecule has 0 saturated carbocycles. The third-order valence-electron chi connectivity index (χ3n) is 2.24. The van der Waals surface area contributed by atoms with Crippen LogP contribution >= 0.6 is 23.4 Å². The molecule has 2 aromatic rings. The number of halogens is 1. The van der Waals surface area contributed by atoms with E-state index in [0.29, 0.717) is 5.02 Å². The predicted molar refractivity (Wildman–Crippen MR) is 69.0 cm³/mol. The van der Waals surface area contributed by atoms with E-state index >= 15 is 0 Å².